The van der Waals surface area contributed by atoms with Crippen molar-refractivity contribution in [3.63, 3.8) is 0 Å². The summed E-state index contributed by atoms with van der Waals surface area (Å²) in [6.45, 7) is 6.64. The van der Waals surface area contributed by atoms with Crippen molar-refractivity contribution in [1.82, 2.24) is 10.2 Å². The summed E-state index contributed by atoms with van der Waals surface area (Å²) < 4.78 is 5.41. The number of ether oxygens (including phenoxy) is 1. The van der Waals surface area contributed by atoms with Crippen LogP contribution in [0, 0.1) is 5.92 Å². The largest absolute Gasteiger partial charge is 0.494 e. The molecule has 0 aliphatic carbocycles. The molecule has 0 bridgehead atoms. The maximum Gasteiger partial charge on any atom is 0.319 e. The van der Waals surface area contributed by atoms with Crippen LogP contribution in [0.25, 0.3) is 0 Å². The fourth-order valence-electron chi connectivity index (χ4n) is 3.84. The van der Waals surface area contributed by atoms with Crippen LogP contribution < -0.4 is 15.4 Å². The minimum absolute atomic E-state index is 0.157. The minimum Gasteiger partial charge on any atom is -0.494 e. The van der Waals surface area contributed by atoms with E-state index in [-0.39, 0.29) is 6.03 Å². The Morgan fingerprint density at radius 2 is 1.79 bits per heavy atom. The first-order chi connectivity index (χ1) is 14.2. The molecule has 1 aliphatic heterocycles. The summed E-state index contributed by atoms with van der Waals surface area (Å²) in [6.07, 6.45) is 4.70. The molecule has 1 fully saturated rings. The molecule has 156 valence electrons. The minimum atomic E-state index is -0.157. The van der Waals surface area contributed by atoms with Crippen LogP contribution in [0.15, 0.2) is 54.6 Å². The predicted molar refractivity (Wildman–Crippen MR) is 119 cm³/mol. The molecule has 2 aromatic carbocycles. The lowest BCUT2D eigenvalue weighted by Crippen LogP contribution is -2.37. The van der Waals surface area contributed by atoms with E-state index in [1.165, 1.54) is 24.8 Å². The normalized spacial score (nSPS) is 15.1. The molecule has 0 unspecified atom stereocenters. The Balaban J connectivity index is 1.26. The van der Waals surface area contributed by atoms with E-state index < -0.39 is 0 Å². The molecular formula is C24H33N3O2. The Hall–Kier alpha value is -2.53. The zero-order valence-corrected chi connectivity index (χ0v) is 17.4. The van der Waals surface area contributed by atoms with Gasteiger partial charge in [-0.05, 0) is 88.0 Å². The quantitative estimate of drug-likeness (QED) is 0.613. The van der Waals surface area contributed by atoms with Gasteiger partial charge in [0, 0.05) is 12.2 Å². The molecule has 0 radical (unpaired) electrons. The third-order valence-corrected chi connectivity index (χ3v) is 5.43. The molecule has 5 heteroatoms. The van der Waals surface area contributed by atoms with E-state index in [9.17, 15) is 4.79 Å². The molecule has 5 nitrogen and oxygen atoms in total. The summed E-state index contributed by atoms with van der Waals surface area (Å²) in [7, 11) is 0. The summed E-state index contributed by atoms with van der Waals surface area (Å²) in [4.78, 5) is 14.5. The zero-order chi connectivity index (χ0) is 20.3. The smallest absolute Gasteiger partial charge is 0.319 e. The van der Waals surface area contributed by atoms with Crippen LogP contribution in [-0.4, -0.2) is 43.7 Å². The molecule has 0 spiro atoms. The van der Waals surface area contributed by atoms with Gasteiger partial charge in [-0.25, -0.2) is 4.79 Å². The highest BCUT2D eigenvalue weighted by Gasteiger charge is 2.19. The van der Waals surface area contributed by atoms with Crippen LogP contribution in [0.5, 0.6) is 5.75 Å². The average Bonchev–Trinajstić information content (AvgIpc) is 2.75. The van der Waals surface area contributed by atoms with Crippen molar-refractivity contribution in [2.75, 3.05) is 38.1 Å². The number of nitrogens with zero attached hydrogens (tertiary/aromatic N) is 1. The van der Waals surface area contributed by atoms with E-state index in [0.717, 1.165) is 43.4 Å². The van der Waals surface area contributed by atoms with Crippen molar-refractivity contribution in [3.8, 4) is 5.75 Å². The van der Waals surface area contributed by atoms with Gasteiger partial charge < -0.3 is 20.3 Å². The topological polar surface area (TPSA) is 53.6 Å². The molecule has 0 saturated carbocycles. The first-order valence-corrected chi connectivity index (χ1v) is 10.8. The third kappa shape index (κ3) is 7.42. The van der Waals surface area contributed by atoms with E-state index in [4.69, 9.17) is 4.74 Å². The van der Waals surface area contributed by atoms with Gasteiger partial charge in [-0.15, -0.1) is 0 Å². The van der Waals surface area contributed by atoms with E-state index in [0.29, 0.717) is 13.2 Å². The molecule has 2 N–H and O–H groups in total. The van der Waals surface area contributed by atoms with Gasteiger partial charge >= 0.3 is 6.03 Å². The first-order valence-electron chi connectivity index (χ1n) is 10.8. The summed E-state index contributed by atoms with van der Waals surface area (Å²) in [5, 5.41) is 5.80. The molecular weight excluding hydrogens is 362 g/mol. The number of benzene rings is 2. The molecule has 3 rings (SSSR count). The SMILES string of the molecule is CCOc1ccc(NC(=O)NCCCN2CCC(Cc3ccccc3)CC2)cc1. The second-order valence-corrected chi connectivity index (χ2v) is 7.67. The van der Waals surface area contributed by atoms with Crippen molar-refractivity contribution < 1.29 is 9.53 Å². The molecule has 2 amide bonds. The number of rotatable bonds is 9. The number of carbonyl (C=O) groups is 1. The van der Waals surface area contributed by atoms with Gasteiger partial charge in [0.05, 0.1) is 6.61 Å². The number of nitrogens with one attached hydrogen (secondary N) is 2. The zero-order valence-electron chi connectivity index (χ0n) is 17.4. The Labute approximate surface area is 174 Å². The van der Waals surface area contributed by atoms with E-state index in [1.807, 2.05) is 31.2 Å². The van der Waals surface area contributed by atoms with Crippen molar-refractivity contribution in [2.24, 2.45) is 5.92 Å². The number of hydrogen-bond donors (Lipinski definition) is 2. The van der Waals surface area contributed by atoms with Crippen molar-refractivity contribution in [1.29, 1.82) is 0 Å². The lowest BCUT2D eigenvalue weighted by Gasteiger charge is -2.32. The van der Waals surface area contributed by atoms with Gasteiger partial charge in [0.15, 0.2) is 0 Å². The van der Waals surface area contributed by atoms with Crippen molar-refractivity contribution in [3.05, 3.63) is 60.2 Å². The predicted octanol–water partition coefficient (Wildman–Crippen LogP) is 4.55. The first kappa shape index (κ1) is 21.2. The highest BCUT2D eigenvalue weighted by Crippen LogP contribution is 2.21. The van der Waals surface area contributed by atoms with E-state index in [2.05, 4.69) is 45.9 Å². The number of carbonyl (C=O) groups excluding carboxylic acids is 1. The number of likely N-dealkylation sites (tertiary alicyclic amines) is 1. The molecule has 0 atom stereocenters. The van der Waals surface area contributed by atoms with E-state index >= 15 is 0 Å². The maximum absolute atomic E-state index is 12.0. The Morgan fingerprint density at radius 3 is 2.48 bits per heavy atom. The highest BCUT2D eigenvalue weighted by atomic mass is 16.5. The fourth-order valence-corrected chi connectivity index (χ4v) is 3.84. The maximum atomic E-state index is 12.0. The molecule has 0 aromatic heterocycles. The van der Waals surface area contributed by atoms with Crippen LogP contribution in [0.3, 0.4) is 0 Å². The molecule has 1 heterocycles. The lowest BCUT2D eigenvalue weighted by atomic mass is 9.90. The third-order valence-electron chi connectivity index (χ3n) is 5.43. The second-order valence-electron chi connectivity index (χ2n) is 7.67. The number of urea groups is 1. The molecule has 1 aliphatic rings. The average molecular weight is 396 g/mol. The van der Waals surface area contributed by atoms with Crippen LogP contribution >= 0.6 is 0 Å². The number of anilines is 1. The summed E-state index contributed by atoms with van der Waals surface area (Å²) in [5.74, 6) is 1.61. The summed E-state index contributed by atoms with van der Waals surface area (Å²) in [6, 6.07) is 18.1. The lowest BCUT2D eigenvalue weighted by molar-refractivity contribution is 0.182. The van der Waals surface area contributed by atoms with Gasteiger partial charge in [0.1, 0.15) is 5.75 Å². The number of amides is 2. The molecule has 2 aromatic rings. The van der Waals surface area contributed by atoms with Gasteiger partial charge in [-0.3, -0.25) is 0 Å². The van der Waals surface area contributed by atoms with Gasteiger partial charge in [-0.1, -0.05) is 30.3 Å². The van der Waals surface area contributed by atoms with Gasteiger partial charge in [0.2, 0.25) is 0 Å². The molecule has 29 heavy (non-hydrogen) atoms. The fraction of sp³-hybridized carbons (Fsp3) is 0.458. The second kappa shape index (κ2) is 11.5. The van der Waals surface area contributed by atoms with Crippen LogP contribution in [0.2, 0.25) is 0 Å². The Kier molecular flexibility index (Phi) is 8.38. The van der Waals surface area contributed by atoms with E-state index in [1.54, 1.807) is 0 Å². The standard InChI is InChI=1S/C24H33N3O2/c1-2-29-23-11-9-22(10-12-23)26-24(28)25-15-6-16-27-17-13-21(14-18-27)19-20-7-4-3-5-8-20/h3-5,7-12,21H,2,6,13-19H2,1H3,(H2,25,26,28). The number of piperidine rings is 1. The van der Waals surface area contributed by atoms with Gasteiger partial charge in [-0.2, -0.15) is 0 Å². The highest BCUT2D eigenvalue weighted by molar-refractivity contribution is 5.89. The van der Waals surface area contributed by atoms with Crippen molar-refractivity contribution in [2.45, 2.75) is 32.6 Å². The Morgan fingerprint density at radius 1 is 1.07 bits per heavy atom. The van der Waals surface area contributed by atoms with Crippen LogP contribution in [0.4, 0.5) is 10.5 Å². The summed E-state index contributed by atoms with van der Waals surface area (Å²) in [5.41, 5.74) is 2.22. The monoisotopic (exact) mass is 395 g/mol. The van der Waals surface area contributed by atoms with Crippen LogP contribution in [-0.2, 0) is 6.42 Å². The Bertz CT molecular complexity index is 726. The van der Waals surface area contributed by atoms with Gasteiger partial charge in [0.25, 0.3) is 0 Å². The van der Waals surface area contributed by atoms with Crippen molar-refractivity contribution >= 4 is 11.7 Å². The number of hydrogen-bond acceptors (Lipinski definition) is 3. The van der Waals surface area contributed by atoms with Crippen LogP contribution in [0.1, 0.15) is 31.7 Å². The molecule has 1 saturated heterocycles. The summed E-state index contributed by atoms with van der Waals surface area (Å²) >= 11 is 0.